The zero-order valence-electron chi connectivity index (χ0n) is 9.83. The molecule has 0 saturated heterocycles. The zero-order valence-corrected chi connectivity index (χ0v) is 10.6. The van der Waals surface area contributed by atoms with Gasteiger partial charge in [0.05, 0.1) is 16.3 Å². The minimum atomic E-state index is -0.986. The molecule has 17 heavy (non-hydrogen) atoms. The van der Waals surface area contributed by atoms with E-state index < -0.39 is 5.97 Å². The SMILES string of the molecule is CCC(CC)=NNc1cc(C(=O)O)ccc1Cl. The summed E-state index contributed by atoms with van der Waals surface area (Å²) in [5.74, 6) is -0.986. The number of hydrazone groups is 1. The maximum atomic E-state index is 10.8. The van der Waals surface area contributed by atoms with Crippen LogP contribution in [0.3, 0.4) is 0 Å². The first-order valence-electron chi connectivity index (χ1n) is 5.42. The molecule has 2 N–H and O–H groups in total. The number of halogens is 1. The maximum Gasteiger partial charge on any atom is 0.335 e. The average molecular weight is 255 g/mol. The van der Waals surface area contributed by atoms with E-state index in [-0.39, 0.29) is 5.56 Å². The summed E-state index contributed by atoms with van der Waals surface area (Å²) in [6, 6.07) is 4.47. The van der Waals surface area contributed by atoms with E-state index in [1.165, 1.54) is 12.1 Å². The molecule has 0 aliphatic heterocycles. The first kappa shape index (κ1) is 13.5. The van der Waals surface area contributed by atoms with Crippen molar-refractivity contribution in [2.75, 3.05) is 5.43 Å². The fraction of sp³-hybridized carbons (Fsp3) is 0.333. The van der Waals surface area contributed by atoms with Gasteiger partial charge in [0.25, 0.3) is 0 Å². The monoisotopic (exact) mass is 254 g/mol. The number of aromatic carboxylic acids is 1. The van der Waals surface area contributed by atoms with Gasteiger partial charge in [-0.3, -0.25) is 5.43 Å². The number of nitrogens with zero attached hydrogens (tertiary/aromatic N) is 1. The summed E-state index contributed by atoms with van der Waals surface area (Å²) < 4.78 is 0. The van der Waals surface area contributed by atoms with Gasteiger partial charge in [0.15, 0.2) is 0 Å². The van der Waals surface area contributed by atoms with Crippen molar-refractivity contribution in [1.29, 1.82) is 0 Å². The Morgan fingerprint density at radius 2 is 2.06 bits per heavy atom. The van der Waals surface area contributed by atoms with Crippen LogP contribution in [0.5, 0.6) is 0 Å². The van der Waals surface area contributed by atoms with E-state index in [1.807, 2.05) is 13.8 Å². The molecule has 1 rings (SSSR count). The lowest BCUT2D eigenvalue weighted by Crippen LogP contribution is -2.01. The fourth-order valence-electron chi connectivity index (χ4n) is 1.29. The fourth-order valence-corrected chi connectivity index (χ4v) is 1.45. The van der Waals surface area contributed by atoms with Crippen LogP contribution in [0.25, 0.3) is 0 Å². The third-order valence-electron chi connectivity index (χ3n) is 2.36. The van der Waals surface area contributed by atoms with E-state index in [0.717, 1.165) is 18.6 Å². The van der Waals surface area contributed by atoms with Crippen LogP contribution < -0.4 is 5.43 Å². The van der Waals surface area contributed by atoms with Crippen molar-refractivity contribution in [3.05, 3.63) is 28.8 Å². The topological polar surface area (TPSA) is 61.7 Å². The molecule has 0 radical (unpaired) electrons. The summed E-state index contributed by atoms with van der Waals surface area (Å²) in [5, 5.41) is 13.5. The van der Waals surface area contributed by atoms with Crippen LogP contribution in [-0.2, 0) is 0 Å². The number of nitrogens with one attached hydrogen (secondary N) is 1. The Bertz CT molecular complexity index is 438. The number of carbonyl (C=O) groups is 1. The molecule has 4 nitrogen and oxygen atoms in total. The molecule has 0 aliphatic carbocycles. The molecule has 0 atom stereocenters. The number of hydrogen-bond acceptors (Lipinski definition) is 3. The van der Waals surface area contributed by atoms with Gasteiger partial charge in [-0.1, -0.05) is 25.4 Å². The van der Waals surface area contributed by atoms with Gasteiger partial charge in [-0.15, -0.1) is 0 Å². The normalized spacial score (nSPS) is 9.82. The number of hydrogen-bond donors (Lipinski definition) is 2. The third-order valence-corrected chi connectivity index (χ3v) is 2.69. The Kier molecular flexibility index (Phi) is 4.97. The first-order valence-corrected chi connectivity index (χ1v) is 5.80. The molecule has 5 heteroatoms. The first-order chi connectivity index (χ1) is 8.08. The van der Waals surface area contributed by atoms with Crippen molar-refractivity contribution in [2.24, 2.45) is 5.10 Å². The second kappa shape index (κ2) is 6.25. The van der Waals surface area contributed by atoms with Crippen LogP contribution in [0.1, 0.15) is 37.0 Å². The predicted octanol–water partition coefficient (Wildman–Crippen LogP) is 3.63. The van der Waals surface area contributed by atoms with Crippen molar-refractivity contribution < 1.29 is 9.90 Å². The van der Waals surface area contributed by atoms with Crippen molar-refractivity contribution in [3.63, 3.8) is 0 Å². The zero-order chi connectivity index (χ0) is 12.8. The molecule has 0 unspecified atom stereocenters. The Balaban J connectivity index is 2.93. The number of benzene rings is 1. The lowest BCUT2D eigenvalue weighted by atomic mass is 10.2. The van der Waals surface area contributed by atoms with Gasteiger partial charge < -0.3 is 5.11 Å². The second-order valence-corrected chi connectivity index (χ2v) is 3.90. The minimum absolute atomic E-state index is 0.182. The second-order valence-electron chi connectivity index (χ2n) is 3.50. The van der Waals surface area contributed by atoms with Crippen molar-refractivity contribution in [1.82, 2.24) is 0 Å². The molecule has 0 fully saturated rings. The van der Waals surface area contributed by atoms with Gasteiger partial charge in [0.2, 0.25) is 0 Å². The van der Waals surface area contributed by atoms with E-state index in [9.17, 15) is 4.79 Å². The van der Waals surface area contributed by atoms with Gasteiger partial charge in [0.1, 0.15) is 0 Å². The van der Waals surface area contributed by atoms with Crippen molar-refractivity contribution >= 4 is 29.0 Å². The lowest BCUT2D eigenvalue weighted by molar-refractivity contribution is 0.0697. The summed E-state index contributed by atoms with van der Waals surface area (Å²) >= 11 is 5.95. The Morgan fingerprint density at radius 3 is 2.59 bits per heavy atom. The van der Waals surface area contributed by atoms with Gasteiger partial charge >= 0.3 is 5.97 Å². The number of carboxylic acids is 1. The molecule has 1 aromatic rings. The molecule has 0 bridgehead atoms. The molecule has 92 valence electrons. The Labute approximate surface area is 105 Å². The quantitative estimate of drug-likeness (QED) is 0.623. The molecular formula is C12H15ClN2O2. The number of carboxylic acid groups (broad SMARTS) is 1. The standard InChI is InChI=1S/C12H15ClN2O2/c1-3-9(4-2)14-15-11-7-8(12(16)17)5-6-10(11)13/h5-7,15H,3-4H2,1-2H3,(H,16,17). The number of anilines is 1. The molecule has 0 aromatic heterocycles. The molecule has 0 aliphatic rings. The van der Waals surface area contributed by atoms with E-state index in [0.29, 0.717) is 10.7 Å². The summed E-state index contributed by atoms with van der Waals surface area (Å²) in [6.07, 6.45) is 1.69. The lowest BCUT2D eigenvalue weighted by Gasteiger charge is -2.06. The molecule has 0 saturated carbocycles. The van der Waals surface area contributed by atoms with Crippen LogP contribution in [0.2, 0.25) is 5.02 Å². The van der Waals surface area contributed by atoms with Gasteiger partial charge in [-0.05, 0) is 31.0 Å². The van der Waals surface area contributed by atoms with Gasteiger partial charge in [-0.25, -0.2) is 4.79 Å². The summed E-state index contributed by atoms with van der Waals surface area (Å²) in [5.41, 5.74) is 4.49. The number of rotatable bonds is 5. The van der Waals surface area contributed by atoms with Crippen molar-refractivity contribution in [3.8, 4) is 0 Å². The van der Waals surface area contributed by atoms with Crippen LogP contribution in [-0.4, -0.2) is 16.8 Å². The predicted molar refractivity (Wildman–Crippen MR) is 70.1 cm³/mol. The van der Waals surface area contributed by atoms with Crippen LogP contribution in [0.15, 0.2) is 23.3 Å². The third kappa shape index (κ3) is 3.75. The van der Waals surface area contributed by atoms with Gasteiger partial charge in [-0.2, -0.15) is 5.10 Å². The summed E-state index contributed by atoms with van der Waals surface area (Å²) in [7, 11) is 0. The summed E-state index contributed by atoms with van der Waals surface area (Å²) in [6.45, 7) is 4.03. The highest BCUT2D eigenvalue weighted by molar-refractivity contribution is 6.33. The van der Waals surface area contributed by atoms with Crippen LogP contribution in [0, 0.1) is 0 Å². The van der Waals surface area contributed by atoms with Crippen molar-refractivity contribution in [2.45, 2.75) is 26.7 Å². The maximum absolute atomic E-state index is 10.8. The van der Waals surface area contributed by atoms with Crippen LogP contribution in [0.4, 0.5) is 5.69 Å². The highest BCUT2D eigenvalue weighted by Crippen LogP contribution is 2.23. The summed E-state index contributed by atoms with van der Waals surface area (Å²) in [4.78, 5) is 10.8. The highest BCUT2D eigenvalue weighted by atomic mass is 35.5. The molecule has 0 amide bonds. The molecular weight excluding hydrogens is 240 g/mol. The molecule has 0 spiro atoms. The smallest absolute Gasteiger partial charge is 0.335 e. The largest absolute Gasteiger partial charge is 0.478 e. The molecule has 0 heterocycles. The Morgan fingerprint density at radius 1 is 1.41 bits per heavy atom. The van der Waals surface area contributed by atoms with E-state index in [4.69, 9.17) is 16.7 Å². The van der Waals surface area contributed by atoms with E-state index in [2.05, 4.69) is 10.5 Å². The Hall–Kier alpha value is -1.55. The van der Waals surface area contributed by atoms with E-state index >= 15 is 0 Å². The average Bonchev–Trinajstić information content (AvgIpc) is 2.32. The van der Waals surface area contributed by atoms with Gasteiger partial charge in [0, 0.05) is 5.71 Å². The van der Waals surface area contributed by atoms with Crippen LogP contribution >= 0.6 is 11.6 Å². The van der Waals surface area contributed by atoms with E-state index in [1.54, 1.807) is 6.07 Å². The molecule has 1 aromatic carbocycles. The minimum Gasteiger partial charge on any atom is -0.478 e. The highest BCUT2D eigenvalue weighted by Gasteiger charge is 2.06.